The molecule has 0 spiro atoms. The van der Waals surface area contributed by atoms with Crippen molar-refractivity contribution in [2.45, 2.75) is 19.1 Å². The van der Waals surface area contributed by atoms with Crippen LogP contribution in [0.15, 0.2) is 60.8 Å². The number of nitrogens with one attached hydrogen (secondary N) is 1. The molecule has 2 N–H and O–H groups in total. The maximum atomic E-state index is 13.2. The number of aliphatic hydroxyl groups is 1. The van der Waals surface area contributed by atoms with Gasteiger partial charge in [0.1, 0.15) is 5.82 Å². The van der Waals surface area contributed by atoms with Crippen LogP contribution in [-0.2, 0) is 11.3 Å². The number of amides is 1. The Morgan fingerprint density at radius 2 is 2.00 bits per heavy atom. The highest BCUT2D eigenvalue weighted by Crippen LogP contribution is 2.18. The molecule has 3 aromatic rings. The lowest BCUT2D eigenvalue weighted by Gasteiger charge is -2.12. The SMILES string of the molecule is O=C(CC(O)c1cccc(F)c1)NCc1nccc2ccccc12. The number of hydrogen-bond acceptors (Lipinski definition) is 3. The lowest BCUT2D eigenvalue weighted by atomic mass is 10.1. The van der Waals surface area contributed by atoms with E-state index >= 15 is 0 Å². The molecule has 0 aliphatic carbocycles. The van der Waals surface area contributed by atoms with Crippen molar-refractivity contribution in [1.29, 1.82) is 0 Å². The maximum absolute atomic E-state index is 13.2. The Bertz CT molecular complexity index is 861. The van der Waals surface area contributed by atoms with Gasteiger partial charge in [-0.1, -0.05) is 36.4 Å². The van der Waals surface area contributed by atoms with E-state index in [-0.39, 0.29) is 18.9 Å². The van der Waals surface area contributed by atoms with E-state index in [2.05, 4.69) is 10.3 Å². The summed E-state index contributed by atoms with van der Waals surface area (Å²) >= 11 is 0. The molecule has 4 nitrogen and oxygen atoms in total. The van der Waals surface area contributed by atoms with Gasteiger partial charge in [0.05, 0.1) is 24.8 Å². The summed E-state index contributed by atoms with van der Waals surface area (Å²) in [5.41, 5.74) is 1.15. The molecule has 0 aliphatic heterocycles. The van der Waals surface area contributed by atoms with Crippen molar-refractivity contribution in [3.05, 3.63) is 77.9 Å². The number of aliphatic hydroxyl groups excluding tert-OH is 1. The van der Waals surface area contributed by atoms with E-state index in [1.54, 1.807) is 12.3 Å². The molecular formula is C19H17FN2O2. The summed E-state index contributed by atoms with van der Waals surface area (Å²) in [6.45, 7) is 0.274. The van der Waals surface area contributed by atoms with Crippen LogP contribution in [0.1, 0.15) is 23.8 Å². The molecule has 1 aromatic heterocycles. The molecule has 5 heteroatoms. The Balaban J connectivity index is 1.63. The Kier molecular flexibility index (Phi) is 4.82. The van der Waals surface area contributed by atoms with Crippen LogP contribution in [0.3, 0.4) is 0 Å². The number of carbonyl (C=O) groups is 1. The van der Waals surface area contributed by atoms with Gasteiger partial charge >= 0.3 is 0 Å². The molecule has 1 heterocycles. The molecule has 1 unspecified atom stereocenters. The van der Waals surface area contributed by atoms with Gasteiger partial charge in [0, 0.05) is 11.6 Å². The molecule has 0 saturated heterocycles. The van der Waals surface area contributed by atoms with E-state index in [1.165, 1.54) is 18.2 Å². The largest absolute Gasteiger partial charge is 0.388 e. The van der Waals surface area contributed by atoms with E-state index in [9.17, 15) is 14.3 Å². The zero-order chi connectivity index (χ0) is 16.9. The van der Waals surface area contributed by atoms with Gasteiger partial charge in [-0.3, -0.25) is 9.78 Å². The normalized spacial score (nSPS) is 12.1. The van der Waals surface area contributed by atoms with Gasteiger partial charge in [0.25, 0.3) is 0 Å². The first-order valence-corrected chi connectivity index (χ1v) is 7.66. The van der Waals surface area contributed by atoms with Gasteiger partial charge in [0.15, 0.2) is 0 Å². The van der Waals surface area contributed by atoms with E-state index in [0.29, 0.717) is 5.56 Å². The summed E-state index contributed by atoms with van der Waals surface area (Å²) in [6, 6.07) is 15.3. The Morgan fingerprint density at radius 3 is 2.83 bits per heavy atom. The van der Waals surface area contributed by atoms with Gasteiger partial charge in [0.2, 0.25) is 5.91 Å². The summed E-state index contributed by atoms with van der Waals surface area (Å²) in [5.74, 6) is -0.756. The second-order valence-corrected chi connectivity index (χ2v) is 5.53. The fraction of sp³-hybridized carbons (Fsp3) is 0.158. The highest BCUT2D eigenvalue weighted by Gasteiger charge is 2.14. The van der Waals surface area contributed by atoms with Gasteiger partial charge in [-0.15, -0.1) is 0 Å². The molecule has 1 atom stereocenters. The Hall–Kier alpha value is -2.79. The topological polar surface area (TPSA) is 62.2 Å². The van der Waals surface area contributed by atoms with Gasteiger partial charge in [-0.05, 0) is 29.1 Å². The van der Waals surface area contributed by atoms with E-state index in [1.807, 2.05) is 30.3 Å². The minimum atomic E-state index is -1.04. The molecule has 0 fully saturated rings. The quantitative estimate of drug-likeness (QED) is 0.758. The average molecular weight is 324 g/mol. The lowest BCUT2D eigenvalue weighted by molar-refractivity contribution is -0.123. The van der Waals surface area contributed by atoms with Crippen LogP contribution in [0.4, 0.5) is 4.39 Å². The molecule has 24 heavy (non-hydrogen) atoms. The lowest BCUT2D eigenvalue weighted by Crippen LogP contribution is -2.25. The molecule has 0 aliphatic rings. The standard InChI is InChI=1S/C19H17FN2O2/c20-15-6-3-5-14(10-15)18(23)11-19(24)22-12-17-16-7-2-1-4-13(16)8-9-21-17/h1-10,18,23H,11-12H2,(H,22,24). The van der Waals surface area contributed by atoms with Gasteiger partial charge in [-0.2, -0.15) is 0 Å². The first kappa shape index (κ1) is 16.1. The molecular weight excluding hydrogens is 307 g/mol. The van der Waals surface area contributed by atoms with Crippen molar-refractivity contribution < 1.29 is 14.3 Å². The number of rotatable bonds is 5. The highest BCUT2D eigenvalue weighted by molar-refractivity contribution is 5.85. The van der Waals surface area contributed by atoms with Crippen LogP contribution in [0, 0.1) is 5.82 Å². The predicted octanol–water partition coefficient (Wildman–Crippen LogP) is 3.11. The van der Waals surface area contributed by atoms with Crippen molar-refractivity contribution in [1.82, 2.24) is 10.3 Å². The molecule has 3 rings (SSSR count). The van der Waals surface area contributed by atoms with Crippen molar-refractivity contribution in [3.63, 3.8) is 0 Å². The van der Waals surface area contributed by atoms with Crippen LogP contribution >= 0.6 is 0 Å². The zero-order valence-electron chi connectivity index (χ0n) is 12.9. The minimum absolute atomic E-state index is 0.131. The molecule has 0 saturated carbocycles. The van der Waals surface area contributed by atoms with Gasteiger partial charge < -0.3 is 10.4 Å². The summed E-state index contributed by atoms with van der Waals surface area (Å²) < 4.78 is 13.2. The molecule has 1 amide bonds. The third-order valence-corrected chi connectivity index (χ3v) is 3.82. The monoisotopic (exact) mass is 324 g/mol. The summed E-state index contributed by atoms with van der Waals surface area (Å²) in [6.07, 6.45) is 0.529. The van der Waals surface area contributed by atoms with Gasteiger partial charge in [-0.25, -0.2) is 4.39 Å². The Labute approximate surface area is 139 Å². The first-order chi connectivity index (χ1) is 11.6. The minimum Gasteiger partial charge on any atom is -0.388 e. The zero-order valence-corrected chi connectivity index (χ0v) is 12.9. The predicted molar refractivity (Wildman–Crippen MR) is 89.6 cm³/mol. The fourth-order valence-electron chi connectivity index (χ4n) is 2.58. The number of fused-ring (bicyclic) bond motifs is 1. The number of halogens is 1. The second-order valence-electron chi connectivity index (χ2n) is 5.53. The third kappa shape index (κ3) is 3.75. The molecule has 122 valence electrons. The van der Waals surface area contributed by atoms with Crippen molar-refractivity contribution >= 4 is 16.7 Å². The number of nitrogens with zero attached hydrogens (tertiary/aromatic N) is 1. The number of carbonyl (C=O) groups excluding carboxylic acids is 1. The van der Waals surface area contributed by atoms with E-state index in [0.717, 1.165) is 16.5 Å². The summed E-state index contributed by atoms with van der Waals surface area (Å²) in [4.78, 5) is 16.3. The van der Waals surface area contributed by atoms with Crippen LogP contribution in [0.25, 0.3) is 10.8 Å². The van der Waals surface area contributed by atoms with E-state index in [4.69, 9.17) is 0 Å². The third-order valence-electron chi connectivity index (χ3n) is 3.82. The number of hydrogen-bond donors (Lipinski definition) is 2. The molecule has 0 bridgehead atoms. The average Bonchev–Trinajstić information content (AvgIpc) is 2.60. The number of pyridine rings is 1. The number of benzene rings is 2. The van der Waals surface area contributed by atoms with Crippen LogP contribution in [0.5, 0.6) is 0 Å². The summed E-state index contributed by atoms with van der Waals surface area (Å²) in [7, 11) is 0. The van der Waals surface area contributed by atoms with Crippen molar-refractivity contribution in [2.75, 3.05) is 0 Å². The molecule has 2 aromatic carbocycles. The van der Waals surface area contributed by atoms with Crippen molar-refractivity contribution in [3.8, 4) is 0 Å². The second kappa shape index (κ2) is 7.19. The van der Waals surface area contributed by atoms with E-state index < -0.39 is 11.9 Å². The van der Waals surface area contributed by atoms with Crippen LogP contribution < -0.4 is 5.32 Å². The number of aromatic nitrogens is 1. The highest BCUT2D eigenvalue weighted by atomic mass is 19.1. The van der Waals surface area contributed by atoms with Crippen LogP contribution in [0.2, 0.25) is 0 Å². The molecule has 0 radical (unpaired) electrons. The smallest absolute Gasteiger partial charge is 0.223 e. The van der Waals surface area contributed by atoms with Crippen LogP contribution in [-0.4, -0.2) is 16.0 Å². The maximum Gasteiger partial charge on any atom is 0.223 e. The Morgan fingerprint density at radius 1 is 1.17 bits per heavy atom. The summed E-state index contributed by atoms with van der Waals surface area (Å²) in [5, 5.41) is 14.8. The van der Waals surface area contributed by atoms with Crippen molar-refractivity contribution in [2.24, 2.45) is 0 Å². The fourth-order valence-corrected chi connectivity index (χ4v) is 2.58. The first-order valence-electron chi connectivity index (χ1n) is 7.66.